The third-order valence-corrected chi connectivity index (χ3v) is 6.66. The Kier molecular flexibility index (Phi) is 10.4. The molecule has 2 heterocycles. The molecule has 0 fully saturated rings. The van der Waals surface area contributed by atoms with Crippen LogP contribution < -0.4 is 15.4 Å². The SMILES string of the molecule is CCN(CCCOc1ccc2c(Nc3cc(CC(=O)Nc4cccc(C)c4)[nH]n3)ncnc2c1)CCOP(=O)(O)O. The molecule has 5 N–H and O–H groups in total. The third-order valence-electron chi connectivity index (χ3n) is 6.14. The number of aromatic nitrogens is 4. The van der Waals surface area contributed by atoms with Crippen LogP contribution >= 0.6 is 7.82 Å². The number of anilines is 3. The first kappa shape index (κ1) is 30.1. The van der Waals surface area contributed by atoms with Crippen LogP contribution in [-0.2, 0) is 20.3 Å². The number of amides is 1. The van der Waals surface area contributed by atoms with E-state index in [0.29, 0.717) is 48.3 Å². The van der Waals surface area contributed by atoms with E-state index in [1.54, 1.807) is 6.07 Å². The molecule has 0 bridgehead atoms. The van der Waals surface area contributed by atoms with Gasteiger partial charge in [-0.2, -0.15) is 5.10 Å². The average molecular weight is 584 g/mol. The number of phosphoric ester groups is 1. The molecular formula is C27H34N7O6P. The van der Waals surface area contributed by atoms with Crippen LogP contribution in [-0.4, -0.2) is 73.6 Å². The highest BCUT2D eigenvalue weighted by Crippen LogP contribution is 2.35. The van der Waals surface area contributed by atoms with E-state index in [2.05, 4.69) is 35.3 Å². The van der Waals surface area contributed by atoms with Crippen LogP contribution in [0.15, 0.2) is 54.9 Å². The molecule has 0 atom stereocenters. The molecule has 2 aromatic carbocycles. The second-order valence-corrected chi connectivity index (χ2v) is 10.6. The van der Waals surface area contributed by atoms with E-state index in [9.17, 15) is 9.36 Å². The minimum Gasteiger partial charge on any atom is -0.493 e. The van der Waals surface area contributed by atoms with Gasteiger partial charge in [-0.05, 0) is 49.7 Å². The summed E-state index contributed by atoms with van der Waals surface area (Å²) in [5, 5.41) is 14.0. The lowest BCUT2D eigenvalue weighted by Crippen LogP contribution is -2.29. The Balaban J connectivity index is 1.28. The Labute approximate surface area is 237 Å². The van der Waals surface area contributed by atoms with Crippen molar-refractivity contribution >= 4 is 42.0 Å². The Bertz CT molecular complexity index is 1510. The van der Waals surface area contributed by atoms with Gasteiger partial charge in [0.2, 0.25) is 5.91 Å². The first-order chi connectivity index (χ1) is 19.7. The van der Waals surface area contributed by atoms with Gasteiger partial charge in [0.05, 0.1) is 25.2 Å². The van der Waals surface area contributed by atoms with E-state index in [1.165, 1.54) is 6.33 Å². The molecule has 13 nitrogen and oxygen atoms in total. The second kappa shape index (κ2) is 14.2. The Hall–Kier alpha value is -3.87. The second-order valence-electron chi connectivity index (χ2n) is 9.36. The van der Waals surface area contributed by atoms with Gasteiger partial charge in [-0.1, -0.05) is 19.1 Å². The number of nitrogens with one attached hydrogen (secondary N) is 3. The summed E-state index contributed by atoms with van der Waals surface area (Å²) in [7, 11) is -4.45. The van der Waals surface area contributed by atoms with Crippen molar-refractivity contribution in [2.45, 2.75) is 26.7 Å². The number of aryl methyl sites for hydroxylation is 1. The van der Waals surface area contributed by atoms with Crippen LogP contribution in [0.25, 0.3) is 10.9 Å². The molecule has 0 aliphatic carbocycles. The number of benzene rings is 2. The number of hydrogen-bond donors (Lipinski definition) is 5. The Morgan fingerprint density at radius 3 is 2.73 bits per heavy atom. The number of phosphoric acid groups is 1. The zero-order valence-corrected chi connectivity index (χ0v) is 23.8. The fourth-order valence-corrected chi connectivity index (χ4v) is 4.48. The molecule has 14 heteroatoms. The number of carbonyl (C=O) groups excluding carboxylic acids is 1. The van der Waals surface area contributed by atoms with Gasteiger partial charge >= 0.3 is 7.82 Å². The highest BCUT2D eigenvalue weighted by atomic mass is 31.2. The highest BCUT2D eigenvalue weighted by molar-refractivity contribution is 7.46. The average Bonchev–Trinajstić information content (AvgIpc) is 3.35. The number of H-pyrrole nitrogens is 1. The van der Waals surface area contributed by atoms with Crippen molar-refractivity contribution in [1.29, 1.82) is 0 Å². The summed E-state index contributed by atoms with van der Waals surface area (Å²) in [5.41, 5.74) is 3.16. The number of ether oxygens (including phenoxy) is 1. The van der Waals surface area contributed by atoms with Crippen LogP contribution in [0.2, 0.25) is 0 Å². The van der Waals surface area contributed by atoms with Crippen LogP contribution in [0.3, 0.4) is 0 Å². The van der Waals surface area contributed by atoms with Gasteiger partial charge in [-0.25, -0.2) is 14.5 Å². The molecule has 0 saturated carbocycles. The van der Waals surface area contributed by atoms with Crippen molar-refractivity contribution < 1.29 is 28.4 Å². The van der Waals surface area contributed by atoms with Gasteiger partial charge in [0.25, 0.3) is 0 Å². The van der Waals surface area contributed by atoms with Gasteiger partial charge in [0.1, 0.15) is 17.9 Å². The van der Waals surface area contributed by atoms with E-state index in [0.717, 1.165) is 29.6 Å². The fourth-order valence-electron chi connectivity index (χ4n) is 4.16. The monoisotopic (exact) mass is 583 g/mol. The molecule has 0 radical (unpaired) electrons. The van der Waals surface area contributed by atoms with Gasteiger partial charge in [0.15, 0.2) is 5.82 Å². The maximum atomic E-state index is 12.4. The molecular weight excluding hydrogens is 549 g/mol. The number of fused-ring (bicyclic) bond motifs is 1. The molecule has 4 aromatic rings. The summed E-state index contributed by atoms with van der Waals surface area (Å²) in [6.07, 6.45) is 2.32. The maximum absolute atomic E-state index is 12.4. The smallest absolute Gasteiger partial charge is 0.469 e. The molecule has 0 aliphatic heterocycles. The largest absolute Gasteiger partial charge is 0.493 e. The summed E-state index contributed by atoms with van der Waals surface area (Å²) in [5.74, 6) is 1.61. The lowest BCUT2D eigenvalue weighted by Gasteiger charge is -2.20. The number of carbonyl (C=O) groups is 1. The number of hydrogen-bond acceptors (Lipinski definition) is 9. The number of aromatic amines is 1. The minimum atomic E-state index is -4.45. The summed E-state index contributed by atoms with van der Waals surface area (Å²) in [6.45, 7) is 6.21. The molecule has 0 aliphatic rings. The van der Waals surface area contributed by atoms with E-state index in [1.807, 2.05) is 61.2 Å². The van der Waals surface area contributed by atoms with E-state index >= 15 is 0 Å². The predicted octanol–water partition coefficient (Wildman–Crippen LogP) is 3.79. The van der Waals surface area contributed by atoms with Gasteiger partial charge in [-0.15, -0.1) is 0 Å². The molecule has 0 saturated heterocycles. The summed E-state index contributed by atoms with van der Waals surface area (Å²) < 4.78 is 21.2. The maximum Gasteiger partial charge on any atom is 0.469 e. The Morgan fingerprint density at radius 2 is 1.95 bits per heavy atom. The normalized spacial score (nSPS) is 11.6. The quantitative estimate of drug-likeness (QED) is 0.102. The van der Waals surface area contributed by atoms with Gasteiger partial charge < -0.3 is 30.1 Å². The van der Waals surface area contributed by atoms with Crippen molar-refractivity contribution in [1.82, 2.24) is 25.1 Å². The van der Waals surface area contributed by atoms with E-state index in [4.69, 9.17) is 14.5 Å². The third kappa shape index (κ3) is 9.62. The number of nitrogens with zero attached hydrogens (tertiary/aromatic N) is 4. The van der Waals surface area contributed by atoms with Crippen LogP contribution in [0.4, 0.5) is 17.3 Å². The zero-order chi connectivity index (χ0) is 29.2. The fraction of sp³-hybridized carbons (Fsp3) is 0.333. The molecule has 1 amide bonds. The summed E-state index contributed by atoms with van der Waals surface area (Å²) in [6, 6.07) is 14.9. The topological polar surface area (TPSA) is 175 Å². The van der Waals surface area contributed by atoms with Crippen molar-refractivity contribution in [2.75, 3.05) is 43.5 Å². The molecule has 41 heavy (non-hydrogen) atoms. The van der Waals surface area contributed by atoms with Crippen LogP contribution in [0, 0.1) is 6.92 Å². The molecule has 0 unspecified atom stereocenters. The van der Waals surface area contributed by atoms with Crippen molar-refractivity contribution in [3.05, 3.63) is 66.1 Å². The van der Waals surface area contributed by atoms with Gasteiger partial charge in [-0.3, -0.25) is 14.4 Å². The standard InChI is InChI=1S/C27H34N7O6P/c1-3-34(11-13-40-41(36,37)38)10-5-12-39-22-8-9-23-24(17-22)28-18-29-27(23)31-25-15-21(32-33-25)16-26(35)30-20-7-4-6-19(2)14-20/h4,6-9,14-15,17-18H,3,5,10-13,16H2,1-2H3,(H,30,35)(H2,36,37,38)(H2,28,29,31,32,33). The van der Waals surface area contributed by atoms with Gasteiger partial charge in [0, 0.05) is 42.0 Å². The molecule has 218 valence electrons. The first-order valence-corrected chi connectivity index (χ1v) is 14.7. The predicted molar refractivity (Wildman–Crippen MR) is 155 cm³/mol. The minimum absolute atomic E-state index is 0.0390. The van der Waals surface area contributed by atoms with Crippen molar-refractivity contribution in [2.24, 2.45) is 0 Å². The molecule has 4 rings (SSSR count). The summed E-state index contributed by atoms with van der Waals surface area (Å²) in [4.78, 5) is 40.8. The first-order valence-electron chi connectivity index (χ1n) is 13.2. The van der Waals surface area contributed by atoms with E-state index < -0.39 is 7.82 Å². The molecule has 0 spiro atoms. The molecule has 2 aromatic heterocycles. The van der Waals surface area contributed by atoms with Crippen molar-refractivity contribution in [3.8, 4) is 5.75 Å². The lowest BCUT2D eigenvalue weighted by atomic mass is 10.2. The number of rotatable bonds is 15. The van der Waals surface area contributed by atoms with Crippen LogP contribution in [0.1, 0.15) is 24.6 Å². The highest BCUT2D eigenvalue weighted by Gasteiger charge is 2.14. The lowest BCUT2D eigenvalue weighted by molar-refractivity contribution is -0.115. The zero-order valence-electron chi connectivity index (χ0n) is 22.9. The van der Waals surface area contributed by atoms with E-state index in [-0.39, 0.29) is 18.9 Å². The van der Waals surface area contributed by atoms with Crippen molar-refractivity contribution in [3.63, 3.8) is 0 Å². The number of likely N-dealkylation sites (N-methyl/N-ethyl adjacent to an activating group) is 1. The summed E-state index contributed by atoms with van der Waals surface area (Å²) >= 11 is 0. The Morgan fingerprint density at radius 1 is 1.10 bits per heavy atom. The van der Waals surface area contributed by atoms with Crippen LogP contribution in [0.5, 0.6) is 5.75 Å².